The molecule has 0 unspecified atom stereocenters. The lowest BCUT2D eigenvalue weighted by atomic mass is 10.1. The molecule has 0 spiro atoms. The number of nitrogens with zero attached hydrogens (tertiary/aromatic N) is 1. The molecule has 1 heterocycles. The molecule has 0 saturated carbocycles. The summed E-state index contributed by atoms with van der Waals surface area (Å²) in [6, 6.07) is 5.91. The van der Waals surface area contributed by atoms with Crippen molar-refractivity contribution in [1.82, 2.24) is 4.98 Å². The van der Waals surface area contributed by atoms with E-state index in [4.69, 9.17) is 0 Å². The van der Waals surface area contributed by atoms with Crippen molar-refractivity contribution in [3.63, 3.8) is 0 Å². The van der Waals surface area contributed by atoms with Crippen molar-refractivity contribution < 1.29 is 8.78 Å². The number of benzene rings is 1. The zero-order chi connectivity index (χ0) is 9.26. The standard InChI is InChI=1S/C10H7F2N/c11-6-7-3-4-9(12)8-2-1-5-13-10(7)8/h1-5H,6H2. The SMILES string of the molecule is FCc1ccc(F)c2cccnc12. The van der Waals surface area contributed by atoms with Crippen LogP contribution in [0.15, 0.2) is 30.5 Å². The van der Waals surface area contributed by atoms with Crippen molar-refractivity contribution >= 4 is 10.9 Å². The lowest BCUT2D eigenvalue weighted by Gasteiger charge is -2.01. The van der Waals surface area contributed by atoms with Crippen LogP contribution in [0.3, 0.4) is 0 Å². The van der Waals surface area contributed by atoms with E-state index in [2.05, 4.69) is 4.98 Å². The van der Waals surface area contributed by atoms with Gasteiger partial charge < -0.3 is 0 Å². The summed E-state index contributed by atoms with van der Waals surface area (Å²) in [4.78, 5) is 3.93. The van der Waals surface area contributed by atoms with E-state index in [1.54, 1.807) is 12.1 Å². The molecule has 0 radical (unpaired) electrons. The van der Waals surface area contributed by atoms with E-state index >= 15 is 0 Å². The molecule has 66 valence electrons. The molecule has 1 aromatic carbocycles. The zero-order valence-electron chi connectivity index (χ0n) is 6.80. The highest BCUT2D eigenvalue weighted by atomic mass is 19.1. The van der Waals surface area contributed by atoms with Crippen LogP contribution < -0.4 is 0 Å². The summed E-state index contributed by atoms with van der Waals surface area (Å²) in [5.41, 5.74) is 0.835. The molecule has 0 saturated heterocycles. The maximum absolute atomic E-state index is 13.1. The molecule has 0 aliphatic rings. The second kappa shape index (κ2) is 3.09. The predicted octanol–water partition coefficient (Wildman–Crippen LogP) is 2.84. The lowest BCUT2D eigenvalue weighted by molar-refractivity contribution is 0.487. The summed E-state index contributed by atoms with van der Waals surface area (Å²) in [6.07, 6.45) is 1.53. The van der Waals surface area contributed by atoms with Crippen LogP contribution in [0.4, 0.5) is 8.78 Å². The highest BCUT2D eigenvalue weighted by molar-refractivity contribution is 5.82. The van der Waals surface area contributed by atoms with Crippen molar-refractivity contribution in [2.24, 2.45) is 0 Å². The first-order valence-corrected chi connectivity index (χ1v) is 3.91. The van der Waals surface area contributed by atoms with Crippen LogP contribution in [0.5, 0.6) is 0 Å². The van der Waals surface area contributed by atoms with Gasteiger partial charge in [-0.1, -0.05) is 6.07 Å². The highest BCUT2D eigenvalue weighted by Crippen LogP contribution is 2.19. The molecule has 0 aliphatic carbocycles. The van der Waals surface area contributed by atoms with Gasteiger partial charge in [-0.25, -0.2) is 8.78 Å². The summed E-state index contributed by atoms with van der Waals surface area (Å²) in [6.45, 7) is -0.617. The third-order valence-electron chi connectivity index (χ3n) is 1.94. The first-order chi connectivity index (χ1) is 6.33. The minimum Gasteiger partial charge on any atom is -0.256 e. The van der Waals surface area contributed by atoms with Gasteiger partial charge in [0.05, 0.1) is 5.52 Å². The molecule has 3 heteroatoms. The molecule has 0 N–H and O–H groups in total. The molecule has 0 amide bonds. The van der Waals surface area contributed by atoms with Gasteiger partial charge in [0.25, 0.3) is 0 Å². The number of fused-ring (bicyclic) bond motifs is 1. The average Bonchev–Trinajstić information content (AvgIpc) is 2.19. The van der Waals surface area contributed by atoms with Gasteiger partial charge in [-0.15, -0.1) is 0 Å². The minimum absolute atomic E-state index is 0.361. The van der Waals surface area contributed by atoms with E-state index in [9.17, 15) is 8.78 Å². The molecule has 2 rings (SSSR count). The van der Waals surface area contributed by atoms with Gasteiger partial charge in [0.2, 0.25) is 0 Å². The quantitative estimate of drug-likeness (QED) is 0.655. The summed E-state index contributed by atoms with van der Waals surface area (Å²) in [7, 11) is 0. The Morgan fingerprint density at radius 3 is 2.85 bits per heavy atom. The van der Waals surface area contributed by atoms with E-state index in [0.717, 1.165) is 0 Å². The maximum Gasteiger partial charge on any atom is 0.132 e. The van der Waals surface area contributed by atoms with Crippen molar-refractivity contribution in [2.75, 3.05) is 0 Å². The fraction of sp³-hybridized carbons (Fsp3) is 0.100. The third-order valence-corrected chi connectivity index (χ3v) is 1.94. The fourth-order valence-corrected chi connectivity index (χ4v) is 1.30. The van der Waals surface area contributed by atoms with Crippen molar-refractivity contribution in [1.29, 1.82) is 0 Å². The molecule has 2 aromatic rings. The Kier molecular flexibility index (Phi) is 1.93. The molecule has 1 aromatic heterocycles. The van der Waals surface area contributed by atoms with Gasteiger partial charge >= 0.3 is 0 Å². The molecule has 1 nitrogen and oxygen atoms in total. The number of aromatic nitrogens is 1. The average molecular weight is 179 g/mol. The monoisotopic (exact) mass is 179 g/mol. The number of rotatable bonds is 1. The molecular weight excluding hydrogens is 172 g/mol. The van der Waals surface area contributed by atoms with Crippen LogP contribution in [0, 0.1) is 5.82 Å². The van der Waals surface area contributed by atoms with Gasteiger partial charge in [-0.05, 0) is 18.2 Å². The van der Waals surface area contributed by atoms with Gasteiger partial charge in [0.1, 0.15) is 12.5 Å². The molecule has 0 atom stereocenters. The van der Waals surface area contributed by atoms with E-state index in [0.29, 0.717) is 16.5 Å². The largest absolute Gasteiger partial charge is 0.256 e. The van der Waals surface area contributed by atoms with Crippen LogP contribution in [0.1, 0.15) is 5.56 Å². The Hall–Kier alpha value is -1.51. The Morgan fingerprint density at radius 1 is 1.23 bits per heavy atom. The maximum atomic E-state index is 13.1. The number of hydrogen-bond acceptors (Lipinski definition) is 1. The smallest absolute Gasteiger partial charge is 0.132 e. The van der Waals surface area contributed by atoms with Crippen molar-refractivity contribution in [3.05, 3.63) is 41.8 Å². The van der Waals surface area contributed by atoms with Crippen molar-refractivity contribution in [3.8, 4) is 0 Å². The van der Waals surface area contributed by atoms with Crippen LogP contribution >= 0.6 is 0 Å². The van der Waals surface area contributed by atoms with E-state index < -0.39 is 6.67 Å². The van der Waals surface area contributed by atoms with E-state index in [-0.39, 0.29) is 5.82 Å². The predicted molar refractivity (Wildman–Crippen MR) is 46.5 cm³/mol. The van der Waals surface area contributed by atoms with Gasteiger partial charge in [-0.2, -0.15) is 0 Å². The first kappa shape index (κ1) is 8.10. The third kappa shape index (κ3) is 1.26. The van der Waals surface area contributed by atoms with Gasteiger partial charge in [-0.3, -0.25) is 4.98 Å². The van der Waals surface area contributed by atoms with Crippen LogP contribution in [-0.2, 0) is 6.67 Å². The lowest BCUT2D eigenvalue weighted by Crippen LogP contribution is -1.88. The Morgan fingerprint density at radius 2 is 2.08 bits per heavy atom. The number of halogens is 2. The van der Waals surface area contributed by atoms with E-state index in [1.807, 2.05) is 0 Å². The fourth-order valence-electron chi connectivity index (χ4n) is 1.30. The van der Waals surface area contributed by atoms with Gasteiger partial charge in [0, 0.05) is 17.1 Å². The Balaban J connectivity index is 2.84. The first-order valence-electron chi connectivity index (χ1n) is 3.91. The molecule has 0 aliphatic heterocycles. The zero-order valence-corrected chi connectivity index (χ0v) is 6.80. The Bertz CT molecular complexity index is 440. The van der Waals surface area contributed by atoms with Crippen molar-refractivity contribution in [2.45, 2.75) is 6.67 Å². The van der Waals surface area contributed by atoms with Crippen LogP contribution in [-0.4, -0.2) is 4.98 Å². The summed E-state index contributed by atoms with van der Waals surface area (Å²) >= 11 is 0. The second-order valence-electron chi connectivity index (χ2n) is 2.74. The van der Waals surface area contributed by atoms with Gasteiger partial charge in [0.15, 0.2) is 0 Å². The Labute approximate surface area is 74.0 Å². The number of pyridine rings is 1. The minimum atomic E-state index is -0.617. The van der Waals surface area contributed by atoms with Crippen LogP contribution in [0.2, 0.25) is 0 Å². The van der Waals surface area contributed by atoms with Crippen LogP contribution in [0.25, 0.3) is 10.9 Å². The molecule has 0 bridgehead atoms. The van der Waals surface area contributed by atoms with E-state index in [1.165, 1.54) is 18.3 Å². The molecular formula is C10H7F2N. The second-order valence-corrected chi connectivity index (χ2v) is 2.74. The molecule has 0 fully saturated rings. The number of hydrogen-bond donors (Lipinski definition) is 0. The topological polar surface area (TPSA) is 12.9 Å². The molecule has 13 heavy (non-hydrogen) atoms. The number of alkyl halides is 1. The summed E-state index contributed by atoms with van der Waals surface area (Å²) in [5, 5.41) is 0.373. The summed E-state index contributed by atoms with van der Waals surface area (Å²) < 4.78 is 25.6. The normalized spacial score (nSPS) is 10.6. The highest BCUT2D eigenvalue weighted by Gasteiger charge is 2.05. The summed E-state index contributed by atoms with van der Waals surface area (Å²) in [5.74, 6) is -0.361.